The van der Waals surface area contributed by atoms with Gasteiger partial charge in [-0.15, -0.1) is 0 Å². The fraction of sp³-hybridized carbons (Fsp3) is 0.533. The van der Waals surface area contributed by atoms with Gasteiger partial charge in [0.25, 0.3) is 0 Å². The fourth-order valence-corrected chi connectivity index (χ4v) is 2.52. The van der Waals surface area contributed by atoms with E-state index in [1.54, 1.807) is 6.92 Å². The van der Waals surface area contributed by atoms with Crippen LogP contribution in [0, 0.1) is 11.7 Å². The van der Waals surface area contributed by atoms with Crippen molar-refractivity contribution in [1.82, 2.24) is 15.2 Å². The third-order valence-electron chi connectivity index (χ3n) is 3.50. The molecule has 0 aromatic carbocycles. The summed E-state index contributed by atoms with van der Waals surface area (Å²) in [5, 5.41) is 2.69. The molecule has 1 fully saturated rings. The topological polar surface area (TPSA) is 62.3 Å². The molecular weight excluding hydrogens is 273 g/mol. The Balaban J connectivity index is 2.25. The van der Waals surface area contributed by atoms with Crippen LogP contribution in [0.2, 0.25) is 0 Å². The Bertz CT molecular complexity index is 547. The fourth-order valence-electron chi connectivity index (χ4n) is 2.52. The van der Waals surface area contributed by atoms with Crippen molar-refractivity contribution in [1.29, 1.82) is 0 Å². The lowest BCUT2D eigenvalue weighted by atomic mass is 9.97. The van der Waals surface area contributed by atoms with E-state index in [4.69, 9.17) is 0 Å². The van der Waals surface area contributed by atoms with E-state index in [2.05, 4.69) is 10.3 Å². The molecule has 1 aromatic rings. The number of hydrogen-bond acceptors (Lipinski definition) is 3. The first-order valence-corrected chi connectivity index (χ1v) is 7.08. The van der Waals surface area contributed by atoms with Crippen molar-refractivity contribution in [2.45, 2.75) is 45.8 Å². The van der Waals surface area contributed by atoms with Gasteiger partial charge < -0.3 is 10.2 Å². The molecule has 5 nitrogen and oxygen atoms in total. The Morgan fingerprint density at radius 1 is 1.38 bits per heavy atom. The van der Waals surface area contributed by atoms with Gasteiger partial charge >= 0.3 is 0 Å². The number of rotatable bonds is 4. The number of hydrogen-bond donors (Lipinski definition) is 1. The predicted molar refractivity (Wildman–Crippen MR) is 75.6 cm³/mol. The Hall–Kier alpha value is -1.98. The lowest BCUT2D eigenvalue weighted by molar-refractivity contribution is -0.150. The molecule has 2 amide bonds. The Morgan fingerprint density at radius 3 is 2.71 bits per heavy atom. The molecule has 2 rings (SSSR count). The average Bonchev–Trinajstić information content (AvgIpc) is 2.40. The second-order valence-corrected chi connectivity index (χ2v) is 5.85. The summed E-state index contributed by atoms with van der Waals surface area (Å²) in [4.78, 5) is 29.8. The molecule has 114 valence electrons. The monoisotopic (exact) mass is 293 g/mol. The van der Waals surface area contributed by atoms with Crippen molar-refractivity contribution in [3.8, 4) is 0 Å². The molecule has 21 heavy (non-hydrogen) atoms. The highest BCUT2D eigenvalue weighted by Crippen LogP contribution is 2.20. The van der Waals surface area contributed by atoms with E-state index >= 15 is 0 Å². The zero-order chi connectivity index (χ0) is 15.6. The van der Waals surface area contributed by atoms with Gasteiger partial charge in [-0.25, -0.2) is 4.39 Å². The second kappa shape index (κ2) is 6.20. The molecule has 1 aliphatic rings. The molecule has 1 aromatic heterocycles. The van der Waals surface area contributed by atoms with Crippen LogP contribution < -0.4 is 5.32 Å². The first-order chi connectivity index (χ1) is 9.88. The van der Waals surface area contributed by atoms with E-state index in [0.717, 1.165) is 6.20 Å². The van der Waals surface area contributed by atoms with Gasteiger partial charge in [-0.3, -0.25) is 14.6 Å². The molecule has 0 bridgehead atoms. The van der Waals surface area contributed by atoms with Gasteiger partial charge in [0.05, 0.1) is 6.20 Å². The van der Waals surface area contributed by atoms with Crippen LogP contribution >= 0.6 is 0 Å². The van der Waals surface area contributed by atoms with E-state index in [1.165, 1.54) is 17.2 Å². The number of nitrogens with zero attached hydrogens (tertiary/aromatic N) is 2. The normalized spacial score (nSPS) is 22.6. The van der Waals surface area contributed by atoms with Crippen molar-refractivity contribution < 1.29 is 14.0 Å². The third kappa shape index (κ3) is 3.56. The minimum Gasteiger partial charge on any atom is -0.343 e. The Labute approximate surface area is 123 Å². The van der Waals surface area contributed by atoms with Gasteiger partial charge in [-0.2, -0.15) is 0 Å². The first-order valence-electron chi connectivity index (χ1n) is 7.08. The largest absolute Gasteiger partial charge is 0.343 e. The molecule has 2 atom stereocenters. The molecule has 0 spiro atoms. The summed E-state index contributed by atoms with van der Waals surface area (Å²) in [7, 11) is 0. The molecule has 0 aliphatic carbocycles. The van der Waals surface area contributed by atoms with Crippen molar-refractivity contribution in [3.05, 3.63) is 29.8 Å². The van der Waals surface area contributed by atoms with Gasteiger partial charge in [0.15, 0.2) is 0 Å². The number of carbonyl (C=O) groups excluding carboxylic acids is 2. The number of amides is 2. The van der Waals surface area contributed by atoms with E-state index in [0.29, 0.717) is 12.0 Å². The smallest absolute Gasteiger partial charge is 0.245 e. The summed E-state index contributed by atoms with van der Waals surface area (Å²) in [6.07, 6.45) is 3.20. The minimum absolute atomic E-state index is 0.149. The van der Waals surface area contributed by atoms with Gasteiger partial charge in [-0.1, -0.05) is 13.8 Å². The van der Waals surface area contributed by atoms with E-state index in [9.17, 15) is 14.0 Å². The third-order valence-corrected chi connectivity index (χ3v) is 3.50. The SMILES string of the molecule is CC(C)CC1C(=O)NC(C)C(=O)N1Cc1cncc(F)c1. The standard InChI is InChI=1S/C15H20FN3O2/c1-9(2)4-13-14(20)18-10(3)15(21)19(13)8-11-5-12(16)7-17-6-11/h5-7,9-10,13H,4,8H2,1-3H3,(H,18,20). The summed E-state index contributed by atoms with van der Waals surface area (Å²) < 4.78 is 13.2. The maximum Gasteiger partial charge on any atom is 0.245 e. The quantitative estimate of drug-likeness (QED) is 0.914. The van der Waals surface area contributed by atoms with Crippen molar-refractivity contribution in [2.24, 2.45) is 5.92 Å². The van der Waals surface area contributed by atoms with Crippen LogP contribution in [-0.4, -0.2) is 33.8 Å². The molecule has 6 heteroatoms. The van der Waals surface area contributed by atoms with Crippen LogP contribution in [0.4, 0.5) is 4.39 Å². The van der Waals surface area contributed by atoms with Crippen LogP contribution in [0.5, 0.6) is 0 Å². The highest BCUT2D eigenvalue weighted by atomic mass is 19.1. The van der Waals surface area contributed by atoms with Crippen LogP contribution in [-0.2, 0) is 16.1 Å². The lowest BCUT2D eigenvalue weighted by Crippen LogP contribution is -2.62. The summed E-state index contributed by atoms with van der Waals surface area (Å²) in [6, 6.07) is 0.267. The highest BCUT2D eigenvalue weighted by Gasteiger charge is 2.38. The van der Waals surface area contributed by atoms with E-state index in [1.807, 2.05) is 13.8 Å². The molecule has 2 heterocycles. The highest BCUT2D eigenvalue weighted by molar-refractivity contribution is 5.96. The zero-order valence-electron chi connectivity index (χ0n) is 12.5. The van der Waals surface area contributed by atoms with Crippen LogP contribution in [0.3, 0.4) is 0 Å². The Morgan fingerprint density at radius 2 is 2.10 bits per heavy atom. The zero-order valence-corrected chi connectivity index (χ0v) is 12.5. The summed E-state index contributed by atoms with van der Waals surface area (Å²) in [5.41, 5.74) is 0.582. The molecule has 1 saturated heterocycles. The minimum atomic E-state index is -0.553. The second-order valence-electron chi connectivity index (χ2n) is 5.85. The maximum atomic E-state index is 13.2. The van der Waals surface area contributed by atoms with Gasteiger partial charge in [0, 0.05) is 12.7 Å². The summed E-state index contributed by atoms with van der Waals surface area (Å²) in [5.74, 6) is -0.477. The lowest BCUT2D eigenvalue weighted by Gasteiger charge is -2.38. The van der Waals surface area contributed by atoms with Crippen molar-refractivity contribution >= 4 is 11.8 Å². The van der Waals surface area contributed by atoms with Gasteiger partial charge in [0.1, 0.15) is 17.9 Å². The molecule has 0 radical (unpaired) electrons. The molecule has 2 unspecified atom stereocenters. The van der Waals surface area contributed by atoms with E-state index in [-0.39, 0.29) is 24.3 Å². The maximum absolute atomic E-state index is 13.2. The predicted octanol–water partition coefficient (Wildman–Crippen LogP) is 1.48. The number of nitrogens with one attached hydrogen (secondary N) is 1. The molecular formula is C15H20FN3O2. The van der Waals surface area contributed by atoms with Gasteiger partial charge in [-0.05, 0) is 30.9 Å². The number of carbonyl (C=O) groups is 2. The number of halogens is 1. The first kappa shape index (κ1) is 15.4. The van der Waals surface area contributed by atoms with Crippen molar-refractivity contribution in [3.63, 3.8) is 0 Å². The number of pyridine rings is 1. The number of aromatic nitrogens is 1. The van der Waals surface area contributed by atoms with Crippen LogP contribution in [0.1, 0.15) is 32.8 Å². The van der Waals surface area contributed by atoms with Crippen molar-refractivity contribution in [2.75, 3.05) is 0 Å². The molecule has 0 saturated carbocycles. The summed E-state index contributed by atoms with van der Waals surface area (Å²) in [6.45, 7) is 5.84. The van der Waals surface area contributed by atoms with Crippen LogP contribution in [0.25, 0.3) is 0 Å². The average molecular weight is 293 g/mol. The van der Waals surface area contributed by atoms with E-state index < -0.39 is 17.9 Å². The molecule has 1 aliphatic heterocycles. The molecule has 1 N–H and O–H groups in total. The Kier molecular flexibility index (Phi) is 4.55. The summed E-state index contributed by atoms with van der Waals surface area (Å²) >= 11 is 0. The van der Waals surface area contributed by atoms with Gasteiger partial charge in [0.2, 0.25) is 11.8 Å². The number of piperazine rings is 1. The van der Waals surface area contributed by atoms with Crippen LogP contribution in [0.15, 0.2) is 18.5 Å².